The van der Waals surface area contributed by atoms with Gasteiger partial charge < -0.3 is 4.42 Å². The molecule has 3 aromatic carbocycles. The zero-order chi connectivity index (χ0) is 25.7. The van der Waals surface area contributed by atoms with Gasteiger partial charge in [0.25, 0.3) is 11.6 Å². The van der Waals surface area contributed by atoms with Crippen molar-refractivity contribution in [3.8, 4) is 11.3 Å². The Morgan fingerprint density at radius 2 is 1.51 bits per heavy atom. The molecule has 3 heterocycles. The number of nitro groups is 1. The van der Waals surface area contributed by atoms with Crippen LogP contribution < -0.4 is 9.96 Å². The molecule has 0 spiro atoms. The van der Waals surface area contributed by atoms with Crippen LogP contribution in [-0.2, 0) is 14.4 Å². The average molecular weight is 516 g/mol. The first-order chi connectivity index (χ1) is 17.9. The number of carbonyl (C=O) groups is 2. The molecule has 0 bridgehead atoms. The number of hydrogen-bond donors (Lipinski definition) is 0. The van der Waals surface area contributed by atoms with Gasteiger partial charge in [0.2, 0.25) is 5.91 Å². The van der Waals surface area contributed by atoms with E-state index in [-0.39, 0.29) is 11.4 Å². The van der Waals surface area contributed by atoms with Crippen LogP contribution in [-0.4, -0.2) is 22.8 Å². The van der Waals surface area contributed by atoms with Crippen LogP contribution in [0.3, 0.4) is 0 Å². The minimum atomic E-state index is -1.08. The predicted octanol–water partition coefficient (Wildman–Crippen LogP) is 5.56. The number of fused-ring (bicyclic) bond motifs is 1. The fraction of sp³-hybridized carbons (Fsp3) is 0.111. The van der Waals surface area contributed by atoms with Gasteiger partial charge in [-0.05, 0) is 54.6 Å². The third-order valence-corrected chi connectivity index (χ3v) is 6.75. The number of carbonyl (C=O) groups excluding carboxylic acids is 2. The predicted molar refractivity (Wildman–Crippen MR) is 135 cm³/mol. The molecule has 0 radical (unpaired) electrons. The number of imide groups is 1. The summed E-state index contributed by atoms with van der Waals surface area (Å²) in [7, 11) is 0. The van der Waals surface area contributed by atoms with Crippen molar-refractivity contribution in [2.75, 3.05) is 9.96 Å². The summed E-state index contributed by atoms with van der Waals surface area (Å²) >= 11 is 5.99. The van der Waals surface area contributed by atoms with E-state index in [1.54, 1.807) is 66.7 Å². The van der Waals surface area contributed by atoms with Gasteiger partial charge in [0, 0.05) is 11.1 Å². The quantitative estimate of drug-likeness (QED) is 0.194. The van der Waals surface area contributed by atoms with Crippen LogP contribution in [0.5, 0.6) is 0 Å². The maximum atomic E-state index is 13.7. The standard InChI is InChI=1S/C27H18ClN3O6/c28-16-10-12-17(13-11-16)29-26(32)23-24(30(37-25(23)27(29)33)18-6-2-1-3-7-18)22-15-14-21(36-22)19-8-4-5-9-20(19)31(34)35/h1-15,23-25H/t23-,24+,25+/m0/s1. The van der Waals surface area contributed by atoms with E-state index < -0.39 is 34.8 Å². The second-order valence-electron chi connectivity index (χ2n) is 8.62. The first kappa shape index (κ1) is 23.0. The number of hydroxylamine groups is 1. The molecule has 4 aromatic rings. The molecule has 0 N–H and O–H groups in total. The van der Waals surface area contributed by atoms with Crippen molar-refractivity contribution < 1.29 is 23.8 Å². The van der Waals surface area contributed by atoms with Crippen LogP contribution in [0.1, 0.15) is 11.8 Å². The summed E-state index contributed by atoms with van der Waals surface area (Å²) in [5.74, 6) is -1.24. The number of para-hydroxylation sites is 2. The smallest absolute Gasteiger partial charge is 0.280 e. The molecule has 2 aliphatic heterocycles. The van der Waals surface area contributed by atoms with Crippen LogP contribution in [0.15, 0.2) is 95.4 Å². The van der Waals surface area contributed by atoms with Crippen LogP contribution >= 0.6 is 11.6 Å². The highest BCUT2D eigenvalue weighted by atomic mass is 35.5. The summed E-state index contributed by atoms with van der Waals surface area (Å²) in [6, 6.07) is 24.2. The molecular weight excluding hydrogens is 498 g/mol. The van der Waals surface area contributed by atoms with Gasteiger partial charge in [0.15, 0.2) is 6.10 Å². The number of amides is 2. The Hall–Kier alpha value is -4.47. The van der Waals surface area contributed by atoms with Crippen LogP contribution in [0.4, 0.5) is 17.1 Å². The normalized spacial score (nSPS) is 20.9. The van der Waals surface area contributed by atoms with E-state index in [2.05, 4.69) is 0 Å². The SMILES string of the molecule is O=C1[C@H]2[C@@H](c3ccc(-c4ccccc4[N+](=O)[O-])o3)N(c3ccccc3)O[C@H]2C(=O)N1c1ccc(Cl)cc1. The zero-order valence-electron chi connectivity index (χ0n) is 19.1. The number of nitro benzene ring substituents is 1. The summed E-state index contributed by atoms with van der Waals surface area (Å²) < 4.78 is 6.12. The second-order valence-corrected chi connectivity index (χ2v) is 9.06. The molecule has 2 aliphatic rings. The van der Waals surface area contributed by atoms with E-state index in [1.165, 1.54) is 11.1 Å². The largest absolute Gasteiger partial charge is 0.458 e. The van der Waals surface area contributed by atoms with Gasteiger partial charge in [-0.2, -0.15) is 0 Å². The van der Waals surface area contributed by atoms with Gasteiger partial charge in [-0.1, -0.05) is 41.9 Å². The summed E-state index contributed by atoms with van der Waals surface area (Å²) in [5, 5.41) is 13.5. The third-order valence-electron chi connectivity index (χ3n) is 6.50. The molecule has 184 valence electrons. The second kappa shape index (κ2) is 8.88. The minimum Gasteiger partial charge on any atom is -0.458 e. The molecular formula is C27H18ClN3O6. The van der Waals surface area contributed by atoms with E-state index in [9.17, 15) is 19.7 Å². The van der Waals surface area contributed by atoms with Crippen molar-refractivity contribution in [1.82, 2.24) is 0 Å². The fourth-order valence-corrected chi connectivity index (χ4v) is 4.97. The summed E-state index contributed by atoms with van der Waals surface area (Å²) in [6.07, 6.45) is -1.08. The summed E-state index contributed by atoms with van der Waals surface area (Å²) in [5.41, 5.74) is 1.22. The molecule has 0 unspecified atom stereocenters. The highest BCUT2D eigenvalue weighted by Gasteiger charge is 2.61. The zero-order valence-corrected chi connectivity index (χ0v) is 19.8. The maximum absolute atomic E-state index is 13.7. The van der Waals surface area contributed by atoms with E-state index >= 15 is 0 Å². The third kappa shape index (κ3) is 3.76. The highest BCUT2D eigenvalue weighted by molar-refractivity contribution is 6.31. The molecule has 0 saturated carbocycles. The molecule has 9 nitrogen and oxygen atoms in total. The van der Waals surface area contributed by atoms with Gasteiger partial charge in [-0.3, -0.25) is 24.5 Å². The number of anilines is 2. The maximum Gasteiger partial charge on any atom is 0.280 e. The Labute approximate surface area is 215 Å². The van der Waals surface area contributed by atoms with Crippen LogP contribution in [0.25, 0.3) is 11.3 Å². The van der Waals surface area contributed by atoms with Crippen molar-refractivity contribution in [2.24, 2.45) is 5.92 Å². The number of halogens is 1. The Bertz CT molecular complexity index is 1520. The molecule has 3 atom stereocenters. The molecule has 2 saturated heterocycles. The van der Waals surface area contributed by atoms with Gasteiger partial charge >= 0.3 is 0 Å². The Kier molecular flexibility index (Phi) is 5.51. The summed E-state index contributed by atoms with van der Waals surface area (Å²) in [4.78, 5) is 45.4. The molecule has 6 rings (SSSR count). The average Bonchev–Trinajstić information content (AvgIpc) is 3.60. The van der Waals surface area contributed by atoms with Crippen molar-refractivity contribution >= 4 is 40.5 Å². The molecule has 37 heavy (non-hydrogen) atoms. The van der Waals surface area contributed by atoms with Crippen molar-refractivity contribution in [3.05, 3.63) is 112 Å². The monoisotopic (exact) mass is 515 g/mol. The lowest BCUT2D eigenvalue weighted by atomic mass is 9.94. The van der Waals surface area contributed by atoms with E-state index in [0.29, 0.717) is 27.7 Å². The summed E-state index contributed by atoms with van der Waals surface area (Å²) in [6.45, 7) is 0. The Morgan fingerprint density at radius 1 is 0.811 bits per heavy atom. The lowest BCUT2D eigenvalue weighted by Gasteiger charge is -2.27. The Morgan fingerprint density at radius 3 is 2.24 bits per heavy atom. The molecule has 1 aromatic heterocycles. The molecule has 2 fully saturated rings. The lowest BCUT2D eigenvalue weighted by molar-refractivity contribution is -0.384. The molecule has 0 aliphatic carbocycles. The van der Waals surface area contributed by atoms with E-state index in [1.807, 2.05) is 18.2 Å². The van der Waals surface area contributed by atoms with Gasteiger partial charge in [0.05, 0.1) is 21.9 Å². The number of furan rings is 1. The number of benzene rings is 3. The van der Waals surface area contributed by atoms with Crippen LogP contribution in [0, 0.1) is 16.0 Å². The first-order valence-electron chi connectivity index (χ1n) is 11.4. The van der Waals surface area contributed by atoms with Crippen molar-refractivity contribution in [1.29, 1.82) is 0 Å². The topological polar surface area (TPSA) is 106 Å². The van der Waals surface area contributed by atoms with Gasteiger partial charge in [-0.15, -0.1) is 0 Å². The highest BCUT2D eigenvalue weighted by Crippen LogP contribution is 2.48. The van der Waals surface area contributed by atoms with Gasteiger partial charge in [0.1, 0.15) is 23.5 Å². The number of hydrogen-bond acceptors (Lipinski definition) is 7. The fourth-order valence-electron chi connectivity index (χ4n) is 4.84. The minimum absolute atomic E-state index is 0.107. The number of rotatable bonds is 5. The van der Waals surface area contributed by atoms with Crippen molar-refractivity contribution in [3.63, 3.8) is 0 Å². The molecule has 10 heteroatoms. The van der Waals surface area contributed by atoms with Crippen molar-refractivity contribution in [2.45, 2.75) is 12.1 Å². The lowest BCUT2D eigenvalue weighted by Crippen LogP contribution is -2.37. The first-order valence-corrected chi connectivity index (χ1v) is 11.8. The Balaban J connectivity index is 1.43. The van der Waals surface area contributed by atoms with Crippen LogP contribution in [0.2, 0.25) is 5.02 Å². The van der Waals surface area contributed by atoms with Gasteiger partial charge in [-0.25, -0.2) is 9.96 Å². The molecule has 2 amide bonds. The van der Waals surface area contributed by atoms with E-state index in [0.717, 1.165) is 4.90 Å². The van der Waals surface area contributed by atoms with E-state index in [4.69, 9.17) is 20.9 Å². The number of nitrogens with zero attached hydrogens (tertiary/aromatic N) is 3.